The summed E-state index contributed by atoms with van der Waals surface area (Å²) in [7, 11) is 1.53. The fraction of sp³-hybridized carbons (Fsp3) is 0.176. The van der Waals surface area contributed by atoms with Gasteiger partial charge >= 0.3 is 5.97 Å². The van der Waals surface area contributed by atoms with Gasteiger partial charge in [-0.05, 0) is 37.3 Å². The Bertz CT molecular complexity index is 952. The third-order valence-electron chi connectivity index (χ3n) is 3.37. The van der Waals surface area contributed by atoms with Gasteiger partial charge in [0.05, 0.1) is 24.4 Å². The molecule has 0 saturated carbocycles. The molecule has 0 radical (unpaired) electrons. The summed E-state index contributed by atoms with van der Waals surface area (Å²) in [5, 5.41) is 8.76. The Morgan fingerprint density at radius 2 is 2.12 bits per heavy atom. The molecular formula is C17H15ClN4O3. The van der Waals surface area contributed by atoms with Gasteiger partial charge in [-0.1, -0.05) is 17.7 Å². The molecule has 3 aromatic rings. The van der Waals surface area contributed by atoms with Crippen molar-refractivity contribution in [2.45, 2.75) is 6.92 Å². The van der Waals surface area contributed by atoms with Gasteiger partial charge in [0.1, 0.15) is 11.4 Å². The number of rotatable bonds is 5. The highest BCUT2D eigenvalue weighted by molar-refractivity contribution is 6.32. The molecule has 0 amide bonds. The van der Waals surface area contributed by atoms with Crippen LogP contribution in [-0.4, -0.2) is 29.1 Å². The smallest absolute Gasteiger partial charge is 0.360 e. The average Bonchev–Trinajstić information content (AvgIpc) is 2.99. The fourth-order valence-corrected chi connectivity index (χ4v) is 2.49. The van der Waals surface area contributed by atoms with Crippen LogP contribution in [-0.2, 0) is 4.74 Å². The van der Waals surface area contributed by atoms with Crippen LogP contribution in [0.25, 0.3) is 5.65 Å². The SMILES string of the molecule is CCOC(=O)c1nc2ccccn2c1N=Nc1ccc(OC)c(Cl)c1. The number of nitrogens with zero attached hydrogens (tertiary/aromatic N) is 4. The number of hydrogen-bond acceptors (Lipinski definition) is 6. The molecule has 8 heteroatoms. The zero-order valence-corrected chi connectivity index (χ0v) is 14.4. The molecule has 2 heterocycles. The van der Waals surface area contributed by atoms with Crippen molar-refractivity contribution in [1.29, 1.82) is 0 Å². The molecule has 128 valence electrons. The van der Waals surface area contributed by atoms with E-state index in [0.717, 1.165) is 0 Å². The van der Waals surface area contributed by atoms with Crippen LogP contribution in [0.2, 0.25) is 5.02 Å². The predicted octanol–water partition coefficient (Wildman–Crippen LogP) is 4.59. The zero-order chi connectivity index (χ0) is 17.8. The molecule has 25 heavy (non-hydrogen) atoms. The molecule has 0 atom stereocenters. The van der Waals surface area contributed by atoms with E-state index in [4.69, 9.17) is 21.1 Å². The first kappa shape index (κ1) is 16.9. The van der Waals surface area contributed by atoms with Crippen LogP contribution >= 0.6 is 11.6 Å². The maximum atomic E-state index is 12.1. The largest absolute Gasteiger partial charge is 0.495 e. The number of esters is 1. The van der Waals surface area contributed by atoms with Crippen molar-refractivity contribution in [3.05, 3.63) is 53.3 Å². The third-order valence-corrected chi connectivity index (χ3v) is 3.66. The Hall–Kier alpha value is -2.93. The summed E-state index contributed by atoms with van der Waals surface area (Å²) in [5.41, 5.74) is 1.20. The minimum atomic E-state index is -0.548. The monoisotopic (exact) mass is 358 g/mol. The number of azo groups is 1. The van der Waals surface area contributed by atoms with E-state index in [1.807, 2.05) is 12.1 Å². The molecule has 7 nitrogen and oxygen atoms in total. The molecule has 0 aliphatic heterocycles. The van der Waals surface area contributed by atoms with Crippen LogP contribution in [0.4, 0.5) is 11.5 Å². The van der Waals surface area contributed by atoms with E-state index < -0.39 is 5.97 Å². The van der Waals surface area contributed by atoms with Gasteiger partial charge in [-0.3, -0.25) is 4.40 Å². The number of benzene rings is 1. The van der Waals surface area contributed by atoms with E-state index in [2.05, 4.69) is 15.2 Å². The topological polar surface area (TPSA) is 77.5 Å². The summed E-state index contributed by atoms with van der Waals surface area (Å²) < 4.78 is 11.8. The van der Waals surface area contributed by atoms with Crippen LogP contribution in [0.3, 0.4) is 0 Å². The van der Waals surface area contributed by atoms with Crippen molar-refractivity contribution in [2.24, 2.45) is 10.2 Å². The van der Waals surface area contributed by atoms with E-state index >= 15 is 0 Å². The van der Waals surface area contributed by atoms with Crippen LogP contribution < -0.4 is 4.74 Å². The maximum absolute atomic E-state index is 12.1. The summed E-state index contributed by atoms with van der Waals surface area (Å²) in [6, 6.07) is 10.4. The molecular weight excluding hydrogens is 344 g/mol. The number of carbonyl (C=O) groups excluding carboxylic acids is 1. The second-order valence-corrected chi connectivity index (χ2v) is 5.36. The summed E-state index contributed by atoms with van der Waals surface area (Å²) in [5.74, 6) is 0.288. The van der Waals surface area contributed by atoms with Crippen molar-refractivity contribution >= 4 is 34.7 Å². The molecule has 0 fully saturated rings. The fourth-order valence-electron chi connectivity index (χ4n) is 2.24. The van der Waals surface area contributed by atoms with Gasteiger partial charge in [-0.15, -0.1) is 10.2 Å². The second kappa shape index (κ2) is 7.31. The summed E-state index contributed by atoms with van der Waals surface area (Å²) in [6.07, 6.45) is 1.75. The van der Waals surface area contributed by atoms with Gasteiger partial charge in [-0.25, -0.2) is 9.78 Å². The van der Waals surface area contributed by atoms with E-state index in [0.29, 0.717) is 27.9 Å². The number of imidazole rings is 1. The van der Waals surface area contributed by atoms with Gasteiger partial charge in [-0.2, -0.15) is 0 Å². The maximum Gasteiger partial charge on any atom is 0.360 e. The van der Waals surface area contributed by atoms with Crippen LogP contribution in [0.5, 0.6) is 5.75 Å². The Morgan fingerprint density at radius 3 is 2.84 bits per heavy atom. The average molecular weight is 359 g/mol. The molecule has 0 unspecified atom stereocenters. The number of carbonyl (C=O) groups is 1. The van der Waals surface area contributed by atoms with E-state index in [1.165, 1.54) is 7.11 Å². The third kappa shape index (κ3) is 3.46. The molecule has 3 rings (SSSR count). The lowest BCUT2D eigenvalue weighted by Gasteiger charge is -2.02. The first-order chi connectivity index (χ1) is 12.1. The number of fused-ring (bicyclic) bond motifs is 1. The van der Waals surface area contributed by atoms with Crippen molar-refractivity contribution in [1.82, 2.24) is 9.38 Å². The first-order valence-electron chi connectivity index (χ1n) is 7.53. The van der Waals surface area contributed by atoms with Crippen molar-refractivity contribution in [2.75, 3.05) is 13.7 Å². The number of pyridine rings is 1. The predicted molar refractivity (Wildman–Crippen MR) is 93.3 cm³/mol. The highest BCUT2D eigenvalue weighted by Crippen LogP contribution is 2.30. The van der Waals surface area contributed by atoms with Crippen LogP contribution in [0.15, 0.2) is 52.8 Å². The molecule has 0 aliphatic carbocycles. The highest BCUT2D eigenvalue weighted by atomic mass is 35.5. The number of aromatic nitrogens is 2. The molecule has 0 N–H and O–H groups in total. The Labute approximate surface area is 148 Å². The second-order valence-electron chi connectivity index (χ2n) is 4.95. The van der Waals surface area contributed by atoms with Gasteiger partial charge in [0, 0.05) is 6.20 Å². The summed E-state index contributed by atoms with van der Waals surface area (Å²) >= 11 is 6.09. The van der Waals surface area contributed by atoms with E-state index in [1.54, 1.807) is 41.8 Å². The molecule has 1 aromatic carbocycles. The zero-order valence-electron chi connectivity index (χ0n) is 13.6. The minimum Gasteiger partial charge on any atom is -0.495 e. The number of hydrogen-bond donors (Lipinski definition) is 0. The van der Waals surface area contributed by atoms with Crippen molar-refractivity contribution < 1.29 is 14.3 Å². The number of ether oxygens (including phenoxy) is 2. The molecule has 0 spiro atoms. The lowest BCUT2D eigenvalue weighted by atomic mass is 10.3. The van der Waals surface area contributed by atoms with Crippen molar-refractivity contribution in [3.8, 4) is 5.75 Å². The lowest BCUT2D eigenvalue weighted by Crippen LogP contribution is -2.05. The number of halogens is 1. The summed E-state index contributed by atoms with van der Waals surface area (Å²) in [4.78, 5) is 16.4. The van der Waals surface area contributed by atoms with E-state index in [9.17, 15) is 4.79 Å². The van der Waals surface area contributed by atoms with Crippen molar-refractivity contribution in [3.63, 3.8) is 0 Å². The standard InChI is InChI=1S/C17H15ClN4O3/c1-3-25-17(23)15-16(22-9-5-4-6-14(22)19-15)21-20-11-7-8-13(24-2)12(18)10-11/h4-10H,3H2,1-2H3. The normalized spacial score (nSPS) is 11.2. The van der Waals surface area contributed by atoms with E-state index in [-0.39, 0.29) is 12.3 Å². The quantitative estimate of drug-likeness (QED) is 0.493. The van der Waals surface area contributed by atoms with Gasteiger partial charge in [0.25, 0.3) is 0 Å². The van der Waals surface area contributed by atoms with Gasteiger partial charge < -0.3 is 9.47 Å². The molecule has 0 aliphatic rings. The molecule has 0 saturated heterocycles. The first-order valence-corrected chi connectivity index (χ1v) is 7.91. The number of methoxy groups -OCH3 is 1. The van der Waals surface area contributed by atoms with Gasteiger partial charge in [0.15, 0.2) is 11.5 Å². The highest BCUT2D eigenvalue weighted by Gasteiger charge is 2.20. The molecule has 0 bridgehead atoms. The Morgan fingerprint density at radius 1 is 1.28 bits per heavy atom. The lowest BCUT2D eigenvalue weighted by molar-refractivity contribution is 0.0521. The van der Waals surface area contributed by atoms with Crippen LogP contribution in [0.1, 0.15) is 17.4 Å². The Balaban J connectivity index is 2.03. The minimum absolute atomic E-state index is 0.108. The van der Waals surface area contributed by atoms with Crippen LogP contribution in [0, 0.1) is 0 Å². The van der Waals surface area contributed by atoms with Gasteiger partial charge in [0.2, 0.25) is 0 Å². The Kier molecular flexibility index (Phi) is 4.95. The molecule has 2 aromatic heterocycles. The summed E-state index contributed by atoms with van der Waals surface area (Å²) in [6.45, 7) is 1.98.